The smallest absolute Gasteiger partial charge is 0.243 e. The van der Waals surface area contributed by atoms with E-state index in [1.54, 1.807) is 13.0 Å². The highest BCUT2D eigenvalue weighted by atomic mass is 35.5. The number of carbonyl (C=O) groups is 1. The van der Waals surface area contributed by atoms with E-state index in [2.05, 4.69) is 10.4 Å². The number of nitrogens with one attached hydrogen (secondary N) is 1. The third-order valence-corrected chi connectivity index (χ3v) is 6.13. The summed E-state index contributed by atoms with van der Waals surface area (Å²) in [6, 6.07) is 12.9. The molecule has 0 aliphatic carbocycles. The van der Waals surface area contributed by atoms with Gasteiger partial charge in [0, 0.05) is 18.1 Å². The van der Waals surface area contributed by atoms with Crippen molar-refractivity contribution in [2.45, 2.75) is 11.8 Å². The van der Waals surface area contributed by atoms with Crippen LogP contribution in [0.3, 0.4) is 0 Å². The van der Waals surface area contributed by atoms with Crippen LogP contribution in [0.4, 0.5) is 10.2 Å². The molecule has 152 valence electrons. The zero-order valence-electron chi connectivity index (χ0n) is 15.6. The normalized spacial score (nSPS) is 11.6. The van der Waals surface area contributed by atoms with Gasteiger partial charge in [-0.1, -0.05) is 11.6 Å². The molecule has 1 heterocycles. The molecule has 0 unspecified atom stereocenters. The predicted molar refractivity (Wildman–Crippen MR) is 108 cm³/mol. The zero-order chi connectivity index (χ0) is 21.2. The summed E-state index contributed by atoms with van der Waals surface area (Å²) in [5.74, 6) is -0.595. The van der Waals surface area contributed by atoms with Crippen molar-refractivity contribution in [1.29, 1.82) is 0 Å². The van der Waals surface area contributed by atoms with Crippen molar-refractivity contribution in [2.24, 2.45) is 0 Å². The van der Waals surface area contributed by atoms with E-state index in [9.17, 15) is 17.6 Å². The van der Waals surface area contributed by atoms with Gasteiger partial charge >= 0.3 is 0 Å². The SMILES string of the molecule is Cc1cc(NC(=O)CN(C)S(=O)(=O)c2ccc(Cl)cc2)n(-c2ccc(F)cc2)n1. The summed E-state index contributed by atoms with van der Waals surface area (Å²) in [4.78, 5) is 12.5. The van der Waals surface area contributed by atoms with Crippen LogP contribution in [0, 0.1) is 12.7 Å². The Bertz CT molecular complexity index is 1130. The first kappa shape index (κ1) is 21.0. The van der Waals surface area contributed by atoms with Crippen molar-refractivity contribution in [3.63, 3.8) is 0 Å². The summed E-state index contributed by atoms with van der Waals surface area (Å²) < 4.78 is 40.8. The molecule has 29 heavy (non-hydrogen) atoms. The number of hydrogen-bond donors (Lipinski definition) is 1. The minimum atomic E-state index is -3.86. The number of benzene rings is 2. The maximum absolute atomic E-state index is 13.2. The third kappa shape index (κ3) is 4.81. The molecule has 0 aliphatic rings. The van der Waals surface area contributed by atoms with Crippen LogP contribution < -0.4 is 5.32 Å². The summed E-state index contributed by atoms with van der Waals surface area (Å²) in [7, 11) is -2.54. The van der Waals surface area contributed by atoms with Crippen LogP contribution >= 0.6 is 11.6 Å². The Kier molecular flexibility index (Phi) is 6.02. The van der Waals surface area contributed by atoms with Crippen molar-refractivity contribution in [1.82, 2.24) is 14.1 Å². The number of halogens is 2. The average molecular weight is 437 g/mol. The molecule has 1 aromatic heterocycles. The lowest BCUT2D eigenvalue weighted by Crippen LogP contribution is -2.35. The Morgan fingerprint density at radius 1 is 1.17 bits per heavy atom. The summed E-state index contributed by atoms with van der Waals surface area (Å²) >= 11 is 5.79. The maximum atomic E-state index is 13.2. The maximum Gasteiger partial charge on any atom is 0.243 e. The van der Waals surface area contributed by atoms with Gasteiger partial charge in [0.15, 0.2) is 0 Å². The quantitative estimate of drug-likeness (QED) is 0.643. The Balaban J connectivity index is 1.76. The van der Waals surface area contributed by atoms with Crippen molar-refractivity contribution >= 4 is 33.3 Å². The van der Waals surface area contributed by atoms with Crippen molar-refractivity contribution < 1.29 is 17.6 Å². The van der Waals surface area contributed by atoms with Crippen molar-refractivity contribution in [3.8, 4) is 5.69 Å². The third-order valence-electron chi connectivity index (χ3n) is 4.06. The van der Waals surface area contributed by atoms with Crippen LogP contribution in [0.5, 0.6) is 0 Å². The lowest BCUT2D eigenvalue weighted by Gasteiger charge is -2.17. The van der Waals surface area contributed by atoms with Gasteiger partial charge < -0.3 is 5.32 Å². The number of amides is 1. The Morgan fingerprint density at radius 3 is 2.41 bits per heavy atom. The number of anilines is 1. The van der Waals surface area contributed by atoms with Gasteiger partial charge in [-0.3, -0.25) is 4.79 Å². The van der Waals surface area contributed by atoms with Gasteiger partial charge in [0.25, 0.3) is 0 Å². The molecule has 0 radical (unpaired) electrons. The minimum absolute atomic E-state index is 0.0319. The fourth-order valence-corrected chi connectivity index (χ4v) is 3.88. The minimum Gasteiger partial charge on any atom is -0.309 e. The Labute approximate surface area is 172 Å². The second kappa shape index (κ2) is 8.32. The molecule has 0 atom stereocenters. The van der Waals surface area contributed by atoms with Gasteiger partial charge in [0.1, 0.15) is 11.6 Å². The number of nitrogens with zero attached hydrogens (tertiary/aromatic N) is 3. The first-order valence-electron chi connectivity index (χ1n) is 8.51. The van der Waals surface area contributed by atoms with Gasteiger partial charge in [0.2, 0.25) is 15.9 Å². The largest absolute Gasteiger partial charge is 0.309 e. The number of sulfonamides is 1. The molecule has 0 saturated heterocycles. The van der Waals surface area contributed by atoms with E-state index in [1.165, 1.54) is 60.3 Å². The van der Waals surface area contributed by atoms with E-state index >= 15 is 0 Å². The number of aryl methyl sites for hydroxylation is 1. The second-order valence-electron chi connectivity index (χ2n) is 6.32. The van der Waals surface area contributed by atoms with Gasteiger partial charge in [-0.05, 0) is 55.5 Å². The lowest BCUT2D eigenvalue weighted by atomic mass is 10.3. The topological polar surface area (TPSA) is 84.3 Å². The fourth-order valence-electron chi connectivity index (χ4n) is 2.62. The van der Waals surface area contributed by atoms with Crippen molar-refractivity contribution in [3.05, 3.63) is 71.1 Å². The highest BCUT2D eigenvalue weighted by Gasteiger charge is 2.23. The van der Waals surface area contributed by atoms with Gasteiger partial charge in [-0.2, -0.15) is 9.40 Å². The highest BCUT2D eigenvalue weighted by Crippen LogP contribution is 2.19. The molecule has 0 saturated carbocycles. The van der Waals surface area contributed by atoms with Gasteiger partial charge in [-0.25, -0.2) is 17.5 Å². The molecule has 0 spiro atoms. The summed E-state index contributed by atoms with van der Waals surface area (Å²) in [6.45, 7) is 1.34. The highest BCUT2D eigenvalue weighted by molar-refractivity contribution is 7.89. The molecule has 7 nitrogen and oxygen atoms in total. The van der Waals surface area contributed by atoms with E-state index in [0.29, 0.717) is 22.2 Å². The van der Waals surface area contributed by atoms with Crippen molar-refractivity contribution in [2.75, 3.05) is 18.9 Å². The molecule has 0 aliphatic heterocycles. The molecule has 1 N–H and O–H groups in total. The van der Waals surface area contributed by atoms with Crippen LogP contribution in [0.25, 0.3) is 5.69 Å². The first-order chi connectivity index (χ1) is 13.7. The van der Waals surface area contributed by atoms with Crippen LogP contribution in [0.1, 0.15) is 5.69 Å². The van der Waals surface area contributed by atoms with E-state index < -0.39 is 28.3 Å². The number of carbonyl (C=O) groups excluding carboxylic acids is 1. The Morgan fingerprint density at radius 2 is 1.79 bits per heavy atom. The number of rotatable bonds is 6. The number of aromatic nitrogens is 2. The predicted octanol–water partition coefficient (Wildman–Crippen LogP) is 3.23. The molecule has 10 heteroatoms. The Hall–Kier alpha value is -2.75. The van der Waals surface area contributed by atoms with Gasteiger partial charge in [0.05, 0.1) is 22.8 Å². The summed E-state index contributed by atoms with van der Waals surface area (Å²) in [5, 5.41) is 7.34. The van der Waals surface area contributed by atoms with Gasteiger partial charge in [-0.15, -0.1) is 0 Å². The molecule has 1 amide bonds. The second-order valence-corrected chi connectivity index (χ2v) is 8.80. The standard InChI is InChI=1S/C19H18ClFN4O3S/c1-13-11-18(25(23-13)16-7-5-15(21)6-8-16)22-19(26)12-24(2)29(27,28)17-9-3-14(20)4-10-17/h3-11H,12H2,1-2H3,(H,22,26). The first-order valence-corrected chi connectivity index (χ1v) is 10.3. The van der Waals surface area contributed by atoms with Crippen LogP contribution in [-0.4, -0.2) is 42.0 Å². The van der Waals surface area contributed by atoms with E-state index in [-0.39, 0.29) is 4.90 Å². The zero-order valence-corrected chi connectivity index (χ0v) is 17.2. The lowest BCUT2D eigenvalue weighted by molar-refractivity contribution is -0.116. The van der Waals surface area contributed by atoms with E-state index in [0.717, 1.165) is 4.31 Å². The summed E-state index contributed by atoms with van der Waals surface area (Å²) in [6.07, 6.45) is 0. The summed E-state index contributed by atoms with van der Waals surface area (Å²) in [5.41, 5.74) is 1.18. The van der Waals surface area contributed by atoms with E-state index in [1.807, 2.05) is 0 Å². The molecule has 0 bridgehead atoms. The average Bonchev–Trinajstić information content (AvgIpc) is 3.02. The number of likely N-dealkylation sites (N-methyl/N-ethyl adjacent to an activating group) is 1. The molecule has 2 aromatic carbocycles. The molecule has 3 rings (SSSR count). The molecule has 0 fully saturated rings. The van der Waals surface area contributed by atoms with Crippen LogP contribution in [0.2, 0.25) is 5.02 Å². The van der Waals surface area contributed by atoms with Crippen LogP contribution in [0.15, 0.2) is 59.5 Å². The fraction of sp³-hybridized carbons (Fsp3) is 0.158. The van der Waals surface area contributed by atoms with E-state index in [4.69, 9.17) is 11.6 Å². The molecular formula is C19H18ClFN4O3S. The monoisotopic (exact) mass is 436 g/mol. The molecular weight excluding hydrogens is 419 g/mol. The van der Waals surface area contributed by atoms with Crippen LogP contribution in [-0.2, 0) is 14.8 Å². The molecule has 3 aromatic rings. The number of hydrogen-bond acceptors (Lipinski definition) is 4.